The van der Waals surface area contributed by atoms with E-state index in [1.54, 1.807) is 37.4 Å². The second-order valence-electron chi connectivity index (χ2n) is 5.77. The first-order valence-electron chi connectivity index (χ1n) is 7.88. The standard InChI is InChI=1S/C18H19N3O3S/c1-14-8-10-15(11-9-14)18-19-17(20-24-18)12-13-21(2)25(22,23)16-6-4-3-5-7-16/h3-11H,12-13H2,1-2H3. The Kier molecular flexibility index (Phi) is 4.96. The molecule has 6 nitrogen and oxygen atoms in total. The van der Waals surface area contributed by atoms with E-state index in [0.717, 1.165) is 11.1 Å². The molecule has 0 aliphatic rings. The second kappa shape index (κ2) is 7.16. The first-order valence-corrected chi connectivity index (χ1v) is 9.32. The normalized spacial score (nSPS) is 11.8. The van der Waals surface area contributed by atoms with Gasteiger partial charge in [0, 0.05) is 25.6 Å². The average Bonchev–Trinajstić information content (AvgIpc) is 3.10. The Balaban J connectivity index is 1.67. The van der Waals surface area contributed by atoms with Gasteiger partial charge in [0.1, 0.15) is 0 Å². The molecule has 1 aromatic heterocycles. The summed E-state index contributed by atoms with van der Waals surface area (Å²) in [5, 5.41) is 3.93. The Labute approximate surface area is 147 Å². The molecule has 0 aliphatic carbocycles. The van der Waals surface area contributed by atoms with E-state index in [4.69, 9.17) is 4.52 Å². The van der Waals surface area contributed by atoms with Crippen LogP contribution in [0.4, 0.5) is 0 Å². The molecule has 0 spiro atoms. The van der Waals surface area contributed by atoms with Crippen molar-refractivity contribution in [2.24, 2.45) is 0 Å². The summed E-state index contributed by atoms with van der Waals surface area (Å²) in [6.45, 7) is 2.27. The summed E-state index contributed by atoms with van der Waals surface area (Å²) >= 11 is 0. The summed E-state index contributed by atoms with van der Waals surface area (Å²) in [5.74, 6) is 0.911. The van der Waals surface area contributed by atoms with Gasteiger partial charge in [-0.05, 0) is 31.2 Å². The van der Waals surface area contributed by atoms with Gasteiger partial charge in [0.15, 0.2) is 5.82 Å². The van der Waals surface area contributed by atoms with Crippen molar-refractivity contribution in [3.8, 4) is 11.5 Å². The predicted octanol–water partition coefficient (Wildman–Crippen LogP) is 2.91. The zero-order chi connectivity index (χ0) is 17.9. The summed E-state index contributed by atoms with van der Waals surface area (Å²) in [6, 6.07) is 16.1. The van der Waals surface area contributed by atoms with Crippen molar-refractivity contribution in [1.29, 1.82) is 0 Å². The Morgan fingerprint density at radius 2 is 1.72 bits per heavy atom. The third-order valence-electron chi connectivity index (χ3n) is 3.87. The van der Waals surface area contributed by atoms with Crippen molar-refractivity contribution in [2.75, 3.05) is 13.6 Å². The summed E-state index contributed by atoms with van der Waals surface area (Å²) in [7, 11) is -1.97. The fourth-order valence-electron chi connectivity index (χ4n) is 2.32. The van der Waals surface area contributed by atoms with Crippen LogP contribution < -0.4 is 0 Å². The van der Waals surface area contributed by atoms with Gasteiger partial charge in [-0.3, -0.25) is 0 Å². The summed E-state index contributed by atoms with van der Waals surface area (Å²) in [6.07, 6.45) is 0.373. The molecule has 0 atom stereocenters. The molecular weight excluding hydrogens is 338 g/mol. The van der Waals surface area contributed by atoms with E-state index in [1.165, 1.54) is 4.31 Å². The van der Waals surface area contributed by atoms with E-state index < -0.39 is 10.0 Å². The third kappa shape index (κ3) is 3.94. The highest BCUT2D eigenvalue weighted by molar-refractivity contribution is 7.89. The van der Waals surface area contributed by atoms with Crippen molar-refractivity contribution >= 4 is 10.0 Å². The molecule has 3 aromatic rings. The highest BCUT2D eigenvalue weighted by Gasteiger charge is 2.20. The highest BCUT2D eigenvalue weighted by atomic mass is 32.2. The summed E-state index contributed by atoms with van der Waals surface area (Å²) in [4.78, 5) is 4.61. The maximum absolute atomic E-state index is 12.5. The molecule has 0 saturated carbocycles. The fourth-order valence-corrected chi connectivity index (χ4v) is 3.51. The van der Waals surface area contributed by atoms with E-state index in [1.807, 2.05) is 31.2 Å². The minimum atomic E-state index is -3.51. The lowest BCUT2D eigenvalue weighted by molar-refractivity contribution is 0.415. The average molecular weight is 357 g/mol. The van der Waals surface area contributed by atoms with Crippen LogP contribution >= 0.6 is 0 Å². The number of hydrogen-bond donors (Lipinski definition) is 0. The molecule has 25 heavy (non-hydrogen) atoms. The topological polar surface area (TPSA) is 76.3 Å². The number of rotatable bonds is 6. The van der Waals surface area contributed by atoms with E-state index in [0.29, 0.717) is 18.1 Å². The molecule has 0 fully saturated rings. The molecular formula is C18H19N3O3S. The Hall–Kier alpha value is -2.51. The number of aromatic nitrogens is 2. The van der Waals surface area contributed by atoms with E-state index in [-0.39, 0.29) is 11.4 Å². The van der Waals surface area contributed by atoms with Crippen LogP contribution in [0.25, 0.3) is 11.5 Å². The van der Waals surface area contributed by atoms with Gasteiger partial charge >= 0.3 is 0 Å². The smallest absolute Gasteiger partial charge is 0.257 e. The van der Waals surface area contributed by atoms with Crippen LogP contribution in [0.2, 0.25) is 0 Å². The monoisotopic (exact) mass is 357 g/mol. The number of benzene rings is 2. The number of nitrogens with zero attached hydrogens (tertiary/aromatic N) is 3. The molecule has 130 valence electrons. The van der Waals surface area contributed by atoms with Crippen LogP contribution in [0.15, 0.2) is 64.0 Å². The summed E-state index contributed by atoms with van der Waals surface area (Å²) < 4.78 is 31.5. The molecule has 0 N–H and O–H groups in total. The van der Waals surface area contributed by atoms with Crippen LogP contribution in [-0.2, 0) is 16.4 Å². The Morgan fingerprint density at radius 3 is 2.40 bits per heavy atom. The predicted molar refractivity (Wildman–Crippen MR) is 94.4 cm³/mol. The van der Waals surface area contributed by atoms with Crippen molar-refractivity contribution in [2.45, 2.75) is 18.2 Å². The lowest BCUT2D eigenvalue weighted by Gasteiger charge is -2.16. The lowest BCUT2D eigenvalue weighted by atomic mass is 10.1. The molecule has 7 heteroatoms. The lowest BCUT2D eigenvalue weighted by Crippen LogP contribution is -2.29. The summed E-state index contributed by atoms with van der Waals surface area (Å²) in [5.41, 5.74) is 1.99. The first-order chi connectivity index (χ1) is 12.0. The molecule has 0 radical (unpaired) electrons. The molecule has 1 heterocycles. The molecule has 2 aromatic carbocycles. The van der Waals surface area contributed by atoms with Crippen molar-refractivity contribution in [3.63, 3.8) is 0 Å². The fraction of sp³-hybridized carbons (Fsp3) is 0.222. The quantitative estimate of drug-likeness (QED) is 0.678. The third-order valence-corrected chi connectivity index (χ3v) is 5.74. The number of aryl methyl sites for hydroxylation is 1. The van der Waals surface area contributed by atoms with Gasteiger partial charge in [0.25, 0.3) is 5.89 Å². The van der Waals surface area contributed by atoms with Crippen molar-refractivity contribution in [3.05, 3.63) is 66.0 Å². The molecule has 0 bridgehead atoms. The molecule has 3 rings (SSSR count). The maximum atomic E-state index is 12.5. The largest absolute Gasteiger partial charge is 0.334 e. The van der Waals surface area contributed by atoms with Gasteiger partial charge in [0.05, 0.1) is 4.90 Å². The van der Waals surface area contributed by atoms with Gasteiger partial charge in [0.2, 0.25) is 10.0 Å². The molecule has 0 saturated heterocycles. The molecule has 0 amide bonds. The van der Waals surface area contributed by atoms with Crippen molar-refractivity contribution in [1.82, 2.24) is 14.4 Å². The van der Waals surface area contributed by atoms with E-state index in [2.05, 4.69) is 10.1 Å². The highest BCUT2D eigenvalue weighted by Crippen LogP contribution is 2.18. The Bertz CT molecular complexity index is 935. The Morgan fingerprint density at radius 1 is 1.04 bits per heavy atom. The van der Waals surface area contributed by atoms with Crippen LogP contribution in [-0.4, -0.2) is 36.5 Å². The number of hydrogen-bond acceptors (Lipinski definition) is 5. The van der Waals surface area contributed by atoms with Crippen molar-refractivity contribution < 1.29 is 12.9 Å². The van der Waals surface area contributed by atoms with E-state index >= 15 is 0 Å². The van der Waals surface area contributed by atoms with Crippen LogP contribution in [0, 0.1) is 6.92 Å². The minimum absolute atomic E-state index is 0.268. The van der Waals surface area contributed by atoms with E-state index in [9.17, 15) is 8.42 Å². The van der Waals surface area contributed by atoms with Gasteiger partial charge in [-0.25, -0.2) is 12.7 Å². The number of sulfonamides is 1. The molecule has 0 aliphatic heterocycles. The zero-order valence-corrected chi connectivity index (χ0v) is 14.9. The van der Waals surface area contributed by atoms with Gasteiger partial charge in [-0.15, -0.1) is 0 Å². The van der Waals surface area contributed by atoms with Gasteiger partial charge in [-0.1, -0.05) is 41.1 Å². The second-order valence-corrected chi connectivity index (χ2v) is 7.82. The van der Waals surface area contributed by atoms with Crippen LogP contribution in [0.3, 0.4) is 0 Å². The van der Waals surface area contributed by atoms with Crippen LogP contribution in [0.5, 0.6) is 0 Å². The SMILES string of the molecule is Cc1ccc(-c2nc(CCN(C)S(=O)(=O)c3ccccc3)no2)cc1. The number of likely N-dealkylation sites (N-methyl/N-ethyl adjacent to an activating group) is 1. The van der Waals surface area contributed by atoms with Gasteiger partial charge in [-0.2, -0.15) is 4.98 Å². The first kappa shape index (κ1) is 17.3. The van der Waals surface area contributed by atoms with Crippen LogP contribution in [0.1, 0.15) is 11.4 Å². The zero-order valence-electron chi connectivity index (χ0n) is 14.1. The molecule has 0 unspecified atom stereocenters. The minimum Gasteiger partial charge on any atom is -0.334 e. The maximum Gasteiger partial charge on any atom is 0.257 e. The van der Waals surface area contributed by atoms with Gasteiger partial charge < -0.3 is 4.52 Å².